The summed E-state index contributed by atoms with van der Waals surface area (Å²) < 4.78 is 73.9. The van der Waals surface area contributed by atoms with E-state index in [1.807, 2.05) is 6.07 Å². The van der Waals surface area contributed by atoms with Crippen molar-refractivity contribution in [3.05, 3.63) is 64.7 Å². The quantitative estimate of drug-likeness (QED) is 0.540. The Morgan fingerprint density at radius 2 is 1.54 bits per heavy atom. The molecule has 2 aromatic carbocycles. The van der Waals surface area contributed by atoms with Gasteiger partial charge in [0.05, 0.1) is 11.1 Å². The fraction of sp³-hybridized carbons (Fsp3) is 0.125. The van der Waals surface area contributed by atoms with Crippen molar-refractivity contribution in [3.8, 4) is 5.75 Å². The highest BCUT2D eigenvalue weighted by atomic mass is 19.4. The van der Waals surface area contributed by atoms with E-state index < -0.39 is 34.8 Å². The highest BCUT2D eigenvalue weighted by Gasteiger charge is 2.39. The Balaban J connectivity index is 0.000000314. The molecule has 0 heterocycles. The number of halogens is 6. The average Bonchev–Trinajstić information content (AvgIpc) is 2.53. The first-order valence-electron chi connectivity index (χ1n) is 6.74. The number of nitrogens with two attached hydrogens (primary N) is 1. The number of nitrogens with one attached hydrogen (secondary N) is 1. The monoisotopic (exact) mass is 378 g/mol. The van der Waals surface area contributed by atoms with Crippen LogP contribution in [0, 0.1) is 5.41 Å². The van der Waals surface area contributed by atoms with Crippen LogP contribution in [0.15, 0.2) is 42.5 Å². The highest BCUT2D eigenvalue weighted by molar-refractivity contribution is 5.92. The molecule has 0 aromatic heterocycles. The molecule has 4 N–H and O–H groups in total. The summed E-state index contributed by atoms with van der Waals surface area (Å²) in [5, 5.41) is 15.7. The maximum absolute atomic E-state index is 12.4. The lowest BCUT2D eigenvalue weighted by Gasteiger charge is -2.15. The first-order valence-corrected chi connectivity index (χ1v) is 6.74. The first kappa shape index (κ1) is 21.0. The number of aromatic hydroxyl groups is 1. The van der Waals surface area contributed by atoms with E-state index in [4.69, 9.17) is 16.2 Å². The van der Waals surface area contributed by atoms with Crippen molar-refractivity contribution < 1.29 is 36.2 Å². The van der Waals surface area contributed by atoms with Gasteiger partial charge in [-0.05, 0) is 24.3 Å². The zero-order valence-corrected chi connectivity index (χ0v) is 12.8. The molecule has 0 saturated heterocycles. The third kappa shape index (κ3) is 5.50. The van der Waals surface area contributed by atoms with E-state index in [1.54, 1.807) is 24.3 Å². The molecular formula is C16H12F6N2O2. The molecule has 2 rings (SSSR count). The number of amides is 1. The minimum Gasteiger partial charge on any atom is -0.507 e. The molecule has 0 bridgehead atoms. The lowest BCUT2D eigenvalue weighted by molar-refractivity contribution is -0.143. The molecule has 0 aliphatic rings. The van der Waals surface area contributed by atoms with Crippen LogP contribution in [0.1, 0.15) is 27.0 Å². The normalized spacial score (nSPS) is 11.3. The number of hydrogen-bond donors (Lipinski definition) is 3. The van der Waals surface area contributed by atoms with Gasteiger partial charge in [-0.3, -0.25) is 4.79 Å². The molecule has 26 heavy (non-hydrogen) atoms. The summed E-state index contributed by atoms with van der Waals surface area (Å²) in [7, 11) is 0. The molecule has 140 valence electrons. The molecule has 1 amide bonds. The number of phenolic OH excluding ortho intramolecular Hbond substituents is 1. The standard InChI is InChI=1S/C9H5F6NO.C7H7NO/c10-8(11,12)4-1-6(9(13,14)15)5(3-16)7(17)2-4;8-7(9)6-4-2-1-3-5-6/h1-3,16-17H;1-5H,(H2,8,9). The molecular weight excluding hydrogens is 366 g/mol. The predicted octanol–water partition coefficient (Wildman–Crippen LogP) is 4.21. The summed E-state index contributed by atoms with van der Waals surface area (Å²) in [6.45, 7) is 0. The van der Waals surface area contributed by atoms with Crippen LogP contribution in [0.2, 0.25) is 0 Å². The molecule has 0 unspecified atom stereocenters. The number of rotatable bonds is 2. The lowest BCUT2D eigenvalue weighted by Crippen LogP contribution is -2.13. The summed E-state index contributed by atoms with van der Waals surface area (Å²) in [4.78, 5) is 10.4. The Labute approximate surface area is 143 Å². The van der Waals surface area contributed by atoms with Crippen molar-refractivity contribution in [2.24, 2.45) is 5.73 Å². The van der Waals surface area contributed by atoms with Gasteiger partial charge in [0, 0.05) is 17.3 Å². The zero-order chi connectivity index (χ0) is 20.1. The van der Waals surface area contributed by atoms with Crippen LogP contribution >= 0.6 is 0 Å². The van der Waals surface area contributed by atoms with Gasteiger partial charge in [-0.2, -0.15) is 26.3 Å². The molecule has 0 aliphatic heterocycles. The molecule has 0 spiro atoms. The third-order valence-corrected chi connectivity index (χ3v) is 2.99. The fourth-order valence-corrected chi connectivity index (χ4v) is 1.79. The van der Waals surface area contributed by atoms with Crippen LogP contribution in [-0.4, -0.2) is 17.2 Å². The Kier molecular flexibility index (Phi) is 6.38. The van der Waals surface area contributed by atoms with Crippen molar-refractivity contribution >= 4 is 12.1 Å². The largest absolute Gasteiger partial charge is 0.507 e. The Bertz CT molecular complexity index is 786. The maximum atomic E-state index is 12.4. The van der Waals surface area contributed by atoms with E-state index in [1.165, 1.54) is 0 Å². The second-order valence-corrected chi connectivity index (χ2v) is 4.83. The number of carbonyl (C=O) groups excluding carboxylic acids is 1. The van der Waals surface area contributed by atoms with Gasteiger partial charge in [0.25, 0.3) is 0 Å². The van der Waals surface area contributed by atoms with Gasteiger partial charge in [-0.1, -0.05) is 18.2 Å². The number of primary amides is 1. The number of phenols is 1. The Morgan fingerprint density at radius 3 is 1.88 bits per heavy atom. The lowest BCUT2D eigenvalue weighted by atomic mass is 10.0. The van der Waals surface area contributed by atoms with Gasteiger partial charge in [0.2, 0.25) is 5.91 Å². The maximum Gasteiger partial charge on any atom is 0.417 e. The summed E-state index contributed by atoms with van der Waals surface area (Å²) in [5.74, 6) is -1.61. The van der Waals surface area contributed by atoms with Gasteiger partial charge in [0.15, 0.2) is 0 Å². The van der Waals surface area contributed by atoms with Crippen molar-refractivity contribution in [1.82, 2.24) is 0 Å². The summed E-state index contributed by atoms with van der Waals surface area (Å²) in [6.07, 6.45) is -9.93. The molecule has 0 aliphatic carbocycles. The third-order valence-electron chi connectivity index (χ3n) is 2.99. The molecule has 0 fully saturated rings. The van der Waals surface area contributed by atoms with E-state index in [9.17, 15) is 31.1 Å². The fourth-order valence-electron chi connectivity index (χ4n) is 1.79. The molecule has 2 aromatic rings. The number of alkyl halides is 6. The summed E-state index contributed by atoms with van der Waals surface area (Å²) in [6, 6.07) is 8.77. The second kappa shape index (κ2) is 7.89. The molecule has 0 saturated carbocycles. The van der Waals surface area contributed by atoms with Crippen molar-refractivity contribution in [3.63, 3.8) is 0 Å². The van der Waals surface area contributed by atoms with Gasteiger partial charge in [-0.15, -0.1) is 0 Å². The van der Waals surface area contributed by atoms with Gasteiger partial charge >= 0.3 is 12.4 Å². The number of benzene rings is 2. The SMILES string of the molecule is N=Cc1c(O)cc(C(F)(F)F)cc1C(F)(F)F.NC(=O)c1ccccc1. The summed E-state index contributed by atoms with van der Waals surface area (Å²) >= 11 is 0. The Morgan fingerprint density at radius 1 is 1.00 bits per heavy atom. The molecule has 0 atom stereocenters. The smallest absolute Gasteiger partial charge is 0.417 e. The van der Waals surface area contributed by atoms with E-state index in [-0.39, 0.29) is 24.3 Å². The van der Waals surface area contributed by atoms with Gasteiger partial charge < -0.3 is 16.2 Å². The predicted molar refractivity (Wildman–Crippen MR) is 81.0 cm³/mol. The van der Waals surface area contributed by atoms with Gasteiger partial charge in [-0.25, -0.2) is 0 Å². The van der Waals surface area contributed by atoms with Crippen LogP contribution in [0.4, 0.5) is 26.3 Å². The average molecular weight is 378 g/mol. The van der Waals surface area contributed by atoms with Gasteiger partial charge in [0.1, 0.15) is 5.75 Å². The Hall–Kier alpha value is -3.04. The van der Waals surface area contributed by atoms with E-state index in [0.717, 1.165) is 0 Å². The molecule has 4 nitrogen and oxygen atoms in total. The van der Waals surface area contributed by atoms with Crippen LogP contribution in [0.5, 0.6) is 5.75 Å². The molecule has 10 heteroatoms. The highest BCUT2D eigenvalue weighted by Crippen LogP contribution is 2.40. The summed E-state index contributed by atoms with van der Waals surface area (Å²) in [5.41, 5.74) is 1.22. The second-order valence-electron chi connectivity index (χ2n) is 4.83. The minimum absolute atomic E-state index is 0.139. The van der Waals surface area contributed by atoms with E-state index in [0.29, 0.717) is 5.56 Å². The first-order chi connectivity index (χ1) is 11.9. The van der Waals surface area contributed by atoms with Crippen LogP contribution in [0.3, 0.4) is 0 Å². The van der Waals surface area contributed by atoms with Crippen LogP contribution in [-0.2, 0) is 12.4 Å². The number of carbonyl (C=O) groups is 1. The molecule has 0 radical (unpaired) electrons. The topological polar surface area (TPSA) is 87.2 Å². The van der Waals surface area contributed by atoms with Crippen molar-refractivity contribution in [2.45, 2.75) is 12.4 Å². The van der Waals surface area contributed by atoms with Crippen molar-refractivity contribution in [1.29, 1.82) is 5.41 Å². The van der Waals surface area contributed by atoms with E-state index in [2.05, 4.69) is 0 Å². The minimum atomic E-state index is -5.08. The van der Waals surface area contributed by atoms with Crippen molar-refractivity contribution in [2.75, 3.05) is 0 Å². The zero-order valence-electron chi connectivity index (χ0n) is 12.8. The van der Waals surface area contributed by atoms with Crippen LogP contribution < -0.4 is 5.73 Å². The van der Waals surface area contributed by atoms with E-state index >= 15 is 0 Å². The van der Waals surface area contributed by atoms with Crippen LogP contribution in [0.25, 0.3) is 0 Å². The number of hydrogen-bond acceptors (Lipinski definition) is 3.